The number of hydrogen-bond donors (Lipinski definition) is 1. The summed E-state index contributed by atoms with van der Waals surface area (Å²) in [6.07, 6.45) is 1.44. The van der Waals surface area contributed by atoms with Gasteiger partial charge in [-0.05, 0) is 43.3 Å². The molecular weight excluding hydrogens is 386 g/mol. The molecular formula is C18H19N3O6S. The van der Waals surface area contributed by atoms with Crippen LogP contribution in [0.4, 0.5) is 5.82 Å². The molecule has 2 heterocycles. The highest BCUT2D eigenvalue weighted by atomic mass is 32.2. The maximum atomic E-state index is 13.1. The first kappa shape index (κ1) is 19.6. The van der Waals surface area contributed by atoms with Crippen molar-refractivity contribution in [1.29, 1.82) is 0 Å². The van der Waals surface area contributed by atoms with Crippen LogP contribution < -0.4 is 10.1 Å². The second kappa shape index (κ2) is 8.28. The van der Waals surface area contributed by atoms with Crippen LogP contribution in [-0.2, 0) is 21.4 Å². The summed E-state index contributed by atoms with van der Waals surface area (Å²) in [5.74, 6) is 1.10. The fourth-order valence-corrected chi connectivity index (χ4v) is 3.83. The Balaban J connectivity index is 1.83. The molecule has 0 spiro atoms. The molecule has 0 atom stereocenters. The number of anilines is 1. The average molecular weight is 405 g/mol. The van der Waals surface area contributed by atoms with Gasteiger partial charge in [-0.3, -0.25) is 4.79 Å². The van der Waals surface area contributed by atoms with E-state index in [1.807, 2.05) is 0 Å². The number of rotatable bonds is 8. The number of sulfonamides is 1. The first-order chi connectivity index (χ1) is 13.4. The number of aromatic nitrogens is 1. The van der Waals surface area contributed by atoms with Crippen molar-refractivity contribution in [2.45, 2.75) is 18.4 Å². The number of carbonyl (C=O) groups is 1. The lowest BCUT2D eigenvalue weighted by Gasteiger charge is -2.20. The van der Waals surface area contributed by atoms with Crippen LogP contribution in [0.15, 0.2) is 62.6 Å². The zero-order chi connectivity index (χ0) is 20.1. The molecule has 0 aliphatic heterocycles. The Morgan fingerprint density at radius 1 is 1.25 bits per heavy atom. The number of amides is 1. The molecule has 0 aliphatic carbocycles. The number of carbonyl (C=O) groups excluding carboxylic acids is 1. The van der Waals surface area contributed by atoms with Crippen LogP contribution in [0, 0.1) is 6.92 Å². The molecule has 1 amide bonds. The Morgan fingerprint density at radius 2 is 2.00 bits per heavy atom. The average Bonchev–Trinajstić information content (AvgIpc) is 3.33. The Hall–Kier alpha value is -3.11. The largest absolute Gasteiger partial charge is 0.497 e. The zero-order valence-corrected chi connectivity index (χ0v) is 16.1. The molecule has 3 rings (SSSR count). The summed E-state index contributed by atoms with van der Waals surface area (Å²) in [4.78, 5) is 12.4. The van der Waals surface area contributed by atoms with E-state index in [9.17, 15) is 13.2 Å². The molecule has 10 heteroatoms. The van der Waals surface area contributed by atoms with Crippen LogP contribution >= 0.6 is 0 Å². The van der Waals surface area contributed by atoms with Crippen LogP contribution in [0.1, 0.15) is 11.5 Å². The highest BCUT2D eigenvalue weighted by molar-refractivity contribution is 7.89. The van der Waals surface area contributed by atoms with Crippen molar-refractivity contribution < 1.29 is 26.9 Å². The highest BCUT2D eigenvalue weighted by Crippen LogP contribution is 2.21. The Morgan fingerprint density at radius 3 is 2.57 bits per heavy atom. The van der Waals surface area contributed by atoms with Gasteiger partial charge in [0, 0.05) is 6.07 Å². The minimum atomic E-state index is -3.97. The van der Waals surface area contributed by atoms with Gasteiger partial charge in [0.2, 0.25) is 15.9 Å². The number of hydrogen-bond acceptors (Lipinski definition) is 7. The van der Waals surface area contributed by atoms with Crippen molar-refractivity contribution in [3.8, 4) is 5.75 Å². The maximum Gasteiger partial charge on any atom is 0.243 e. The SMILES string of the molecule is COc1ccc(S(=O)(=O)N(CC(=O)Nc2cc(C)on2)Cc2ccco2)cc1. The van der Waals surface area contributed by atoms with Gasteiger partial charge in [-0.1, -0.05) is 5.16 Å². The van der Waals surface area contributed by atoms with E-state index in [-0.39, 0.29) is 17.3 Å². The van der Waals surface area contributed by atoms with Crippen molar-refractivity contribution in [1.82, 2.24) is 9.46 Å². The summed E-state index contributed by atoms with van der Waals surface area (Å²) in [6, 6.07) is 10.7. The van der Waals surface area contributed by atoms with Gasteiger partial charge in [0.05, 0.1) is 31.4 Å². The minimum absolute atomic E-state index is 0.0323. The minimum Gasteiger partial charge on any atom is -0.497 e. The third-order valence-corrected chi connectivity index (χ3v) is 5.63. The van der Waals surface area contributed by atoms with Gasteiger partial charge in [0.15, 0.2) is 5.82 Å². The quantitative estimate of drug-likeness (QED) is 0.612. The molecule has 1 N–H and O–H groups in total. The van der Waals surface area contributed by atoms with E-state index in [0.29, 0.717) is 17.3 Å². The number of nitrogens with one attached hydrogen (secondary N) is 1. The van der Waals surface area contributed by atoms with Crippen molar-refractivity contribution >= 4 is 21.7 Å². The third kappa shape index (κ3) is 4.59. The fraction of sp³-hybridized carbons (Fsp3) is 0.222. The molecule has 0 saturated carbocycles. The Labute approximate surface area is 161 Å². The van der Waals surface area contributed by atoms with E-state index in [1.165, 1.54) is 43.7 Å². The van der Waals surface area contributed by atoms with Gasteiger partial charge < -0.3 is 19.0 Å². The Bertz CT molecular complexity index is 1030. The lowest BCUT2D eigenvalue weighted by Crippen LogP contribution is -2.37. The molecule has 0 saturated heterocycles. The molecule has 0 unspecified atom stereocenters. The molecule has 3 aromatic rings. The van der Waals surface area contributed by atoms with Gasteiger partial charge in [-0.25, -0.2) is 8.42 Å². The van der Waals surface area contributed by atoms with Gasteiger partial charge >= 0.3 is 0 Å². The molecule has 0 fully saturated rings. The molecule has 0 aliphatic rings. The zero-order valence-electron chi connectivity index (χ0n) is 15.3. The van der Waals surface area contributed by atoms with Crippen molar-refractivity contribution in [3.05, 3.63) is 60.2 Å². The number of benzene rings is 1. The van der Waals surface area contributed by atoms with Crippen LogP contribution in [0.2, 0.25) is 0 Å². The van der Waals surface area contributed by atoms with E-state index in [4.69, 9.17) is 13.7 Å². The summed E-state index contributed by atoms with van der Waals surface area (Å²) < 4.78 is 42.4. The summed E-state index contributed by atoms with van der Waals surface area (Å²) >= 11 is 0. The fourth-order valence-electron chi connectivity index (χ4n) is 2.47. The van der Waals surface area contributed by atoms with Crippen LogP contribution in [0.3, 0.4) is 0 Å². The third-order valence-electron chi connectivity index (χ3n) is 3.82. The topological polar surface area (TPSA) is 115 Å². The number of methoxy groups -OCH3 is 1. The Kier molecular flexibility index (Phi) is 5.81. The van der Waals surface area contributed by atoms with E-state index >= 15 is 0 Å². The van der Waals surface area contributed by atoms with Gasteiger partial charge in [0.1, 0.15) is 17.3 Å². The standard InChI is InChI=1S/C18H19N3O6S/c1-13-10-17(20-27-13)19-18(22)12-21(11-15-4-3-9-26-15)28(23,24)16-7-5-14(25-2)6-8-16/h3-10H,11-12H2,1-2H3,(H,19,20,22). The molecule has 9 nitrogen and oxygen atoms in total. The predicted molar refractivity (Wildman–Crippen MR) is 99.2 cm³/mol. The molecule has 0 bridgehead atoms. The lowest BCUT2D eigenvalue weighted by atomic mass is 10.3. The van der Waals surface area contributed by atoms with Crippen LogP contribution in [0.25, 0.3) is 0 Å². The number of nitrogens with zero attached hydrogens (tertiary/aromatic N) is 2. The summed E-state index contributed by atoms with van der Waals surface area (Å²) in [6.45, 7) is 1.15. The first-order valence-corrected chi connectivity index (χ1v) is 9.72. The van der Waals surface area contributed by atoms with Gasteiger partial charge in [0.25, 0.3) is 0 Å². The van der Waals surface area contributed by atoms with E-state index in [0.717, 1.165) is 4.31 Å². The molecule has 148 valence electrons. The van der Waals surface area contributed by atoms with Crippen molar-refractivity contribution in [3.63, 3.8) is 0 Å². The van der Waals surface area contributed by atoms with Crippen molar-refractivity contribution in [2.24, 2.45) is 0 Å². The van der Waals surface area contributed by atoms with Crippen LogP contribution in [0.5, 0.6) is 5.75 Å². The number of furan rings is 1. The van der Waals surface area contributed by atoms with Crippen molar-refractivity contribution in [2.75, 3.05) is 19.0 Å². The normalized spacial score (nSPS) is 11.5. The molecule has 28 heavy (non-hydrogen) atoms. The smallest absolute Gasteiger partial charge is 0.243 e. The monoisotopic (exact) mass is 405 g/mol. The summed E-state index contributed by atoms with van der Waals surface area (Å²) in [7, 11) is -2.48. The second-order valence-corrected chi connectivity index (χ2v) is 7.84. The maximum absolute atomic E-state index is 13.1. The predicted octanol–water partition coefficient (Wildman–Crippen LogP) is 2.41. The van der Waals surface area contributed by atoms with Gasteiger partial charge in [-0.15, -0.1) is 0 Å². The number of aryl methyl sites for hydroxylation is 1. The van der Waals surface area contributed by atoms with E-state index in [2.05, 4.69) is 10.5 Å². The summed E-state index contributed by atoms with van der Waals surface area (Å²) in [5, 5.41) is 6.18. The van der Waals surface area contributed by atoms with Crippen LogP contribution in [-0.4, -0.2) is 37.4 Å². The second-order valence-electron chi connectivity index (χ2n) is 5.90. The van der Waals surface area contributed by atoms with E-state index in [1.54, 1.807) is 19.1 Å². The number of ether oxygens (including phenoxy) is 1. The summed E-state index contributed by atoms with van der Waals surface area (Å²) in [5.41, 5.74) is 0. The molecule has 2 aromatic heterocycles. The molecule has 0 radical (unpaired) electrons. The van der Waals surface area contributed by atoms with Gasteiger partial charge in [-0.2, -0.15) is 4.31 Å². The van der Waals surface area contributed by atoms with E-state index < -0.39 is 22.5 Å². The molecule has 1 aromatic carbocycles. The highest BCUT2D eigenvalue weighted by Gasteiger charge is 2.28. The first-order valence-electron chi connectivity index (χ1n) is 8.28. The lowest BCUT2D eigenvalue weighted by molar-refractivity contribution is -0.116.